The lowest BCUT2D eigenvalue weighted by Crippen LogP contribution is -2.38. The fraction of sp³-hybridized carbons (Fsp3) is 0.632. The van der Waals surface area contributed by atoms with Gasteiger partial charge in [-0.15, -0.1) is 24.0 Å². The van der Waals surface area contributed by atoms with Crippen LogP contribution in [0.25, 0.3) is 0 Å². The van der Waals surface area contributed by atoms with Crippen LogP contribution in [0.1, 0.15) is 45.1 Å². The van der Waals surface area contributed by atoms with Crippen LogP contribution in [0.5, 0.6) is 0 Å². The largest absolute Gasteiger partial charge is 0.382 e. The SMILES string of the molecule is CCNC(=NCC1(c2ccc(Cl)cc2)CC1)NCCCCOCC.I. The van der Waals surface area contributed by atoms with Gasteiger partial charge in [0.1, 0.15) is 0 Å². The van der Waals surface area contributed by atoms with Crippen LogP contribution < -0.4 is 10.6 Å². The molecule has 0 spiro atoms. The number of aliphatic imine (C=N–C) groups is 1. The summed E-state index contributed by atoms with van der Waals surface area (Å²) >= 11 is 6.00. The van der Waals surface area contributed by atoms with E-state index in [1.54, 1.807) is 0 Å². The van der Waals surface area contributed by atoms with Gasteiger partial charge in [-0.2, -0.15) is 0 Å². The maximum Gasteiger partial charge on any atom is 0.191 e. The minimum absolute atomic E-state index is 0. The van der Waals surface area contributed by atoms with Crippen LogP contribution >= 0.6 is 35.6 Å². The summed E-state index contributed by atoms with van der Waals surface area (Å²) in [5.41, 5.74) is 1.56. The van der Waals surface area contributed by atoms with E-state index in [0.29, 0.717) is 0 Å². The maximum absolute atomic E-state index is 6.00. The number of nitrogens with one attached hydrogen (secondary N) is 2. The molecule has 0 heterocycles. The Kier molecular flexibility index (Phi) is 10.8. The Morgan fingerprint density at radius 3 is 2.48 bits per heavy atom. The molecule has 1 aliphatic carbocycles. The number of hydrogen-bond donors (Lipinski definition) is 2. The van der Waals surface area contributed by atoms with Crippen molar-refractivity contribution in [2.45, 2.75) is 44.9 Å². The molecule has 2 N–H and O–H groups in total. The molecule has 1 aliphatic rings. The Balaban J connectivity index is 0.00000312. The first-order chi connectivity index (χ1) is 11.7. The second-order valence-corrected chi connectivity index (χ2v) is 6.75. The van der Waals surface area contributed by atoms with Crippen molar-refractivity contribution in [3.05, 3.63) is 34.9 Å². The average molecular weight is 480 g/mol. The topological polar surface area (TPSA) is 45.7 Å². The van der Waals surface area contributed by atoms with E-state index in [2.05, 4.69) is 29.7 Å². The van der Waals surface area contributed by atoms with Gasteiger partial charge >= 0.3 is 0 Å². The van der Waals surface area contributed by atoms with E-state index in [9.17, 15) is 0 Å². The van der Waals surface area contributed by atoms with Crippen LogP contribution in [0.2, 0.25) is 5.02 Å². The number of halogens is 2. The third kappa shape index (κ3) is 7.71. The van der Waals surface area contributed by atoms with E-state index in [0.717, 1.165) is 56.7 Å². The number of rotatable bonds is 10. The molecule has 25 heavy (non-hydrogen) atoms. The third-order valence-corrected chi connectivity index (χ3v) is 4.66. The zero-order chi connectivity index (χ0) is 17.3. The van der Waals surface area contributed by atoms with Crippen molar-refractivity contribution in [3.63, 3.8) is 0 Å². The Morgan fingerprint density at radius 2 is 1.88 bits per heavy atom. The number of nitrogens with zero attached hydrogens (tertiary/aromatic N) is 1. The number of hydrogen-bond acceptors (Lipinski definition) is 2. The lowest BCUT2D eigenvalue weighted by Gasteiger charge is -2.16. The van der Waals surface area contributed by atoms with E-state index in [1.807, 2.05) is 19.1 Å². The Morgan fingerprint density at radius 1 is 1.16 bits per heavy atom. The normalized spacial score (nSPS) is 15.4. The van der Waals surface area contributed by atoms with Crippen molar-refractivity contribution in [2.75, 3.05) is 32.8 Å². The van der Waals surface area contributed by atoms with E-state index < -0.39 is 0 Å². The van der Waals surface area contributed by atoms with Gasteiger partial charge in [-0.3, -0.25) is 4.99 Å². The van der Waals surface area contributed by atoms with Crippen LogP contribution in [0.15, 0.2) is 29.3 Å². The molecule has 4 nitrogen and oxygen atoms in total. The Hall–Kier alpha value is -0.530. The highest BCUT2D eigenvalue weighted by Gasteiger charge is 2.44. The zero-order valence-electron chi connectivity index (χ0n) is 15.3. The molecule has 1 saturated carbocycles. The first-order valence-electron chi connectivity index (χ1n) is 9.06. The lowest BCUT2D eigenvalue weighted by atomic mass is 9.96. The van der Waals surface area contributed by atoms with Gasteiger partial charge < -0.3 is 15.4 Å². The molecule has 0 aromatic heterocycles. The maximum atomic E-state index is 6.00. The van der Waals surface area contributed by atoms with Crippen LogP contribution in [-0.2, 0) is 10.2 Å². The predicted octanol–water partition coefficient (Wildman–Crippen LogP) is 4.36. The van der Waals surface area contributed by atoms with Gasteiger partial charge in [0.05, 0.1) is 6.54 Å². The molecule has 1 aromatic rings. The highest BCUT2D eigenvalue weighted by molar-refractivity contribution is 14.0. The van der Waals surface area contributed by atoms with E-state index in [4.69, 9.17) is 21.3 Å². The molecule has 1 aromatic carbocycles. The molecule has 142 valence electrons. The van der Waals surface area contributed by atoms with Gasteiger partial charge in [0.15, 0.2) is 5.96 Å². The van der Waals surface area contributed by atoms with Gasteiger partial charge in [-0.05, 0) is 57.2 Å². The van der Waals surface area contributed by atoms with Crippen LogP contribution in [0.4, 0.5) is 0 Å². The van der Waals surface area contributed by atoms with Gasteiger partial charge in [-0.1, -0.05) is 23.7 Å². The minimum Gasteiger partial charge on any atom is -0.382 e. The molecule has 0 amide bonds. The summed E-state index contributed by atoms with van der Waals surface area (Å²) in [6, 6.07) is 8.23. The number of benzene rings is 1. The standard InChI is InChI=1S/C19H30ClN3O.HI/c1-3-21-18(22-13-5-6-14-24-4-2)23-15-19(11-12-19)16-7-9-17(20)10-8-16;/h7-10H,3-6,11-15H2,1-2H3,(H2,21,22,23);1H. The molecule has 0 bridgehead atoms. The summed E-state index contributed by atoms with van der Waals surface area (Å²) in [5, 5.41) is 7.54. The fourth-order valence-electron chi connectivity index (χ4n) is 2.74. The highest BCUT2D eigenvalue weighted by Crippen LogP contribution is 2.48. The number of guanidine groups is 1. The first-order valence-corrected chi connectivity index (χ1v) is 9.44. The van der Waals surface area contributed by atoms with E-state index >= 15 is 0 Å². The molecular formula is C19H31ClIN3O. The van der Waals surface area contributed by atoms with E-state index in [1.165, 1.54) is 18.4 Å². The highest BCUT2D eigenvalue weighted by atomic mass is 127. The van der Waals surface area contributed by atoms with Crippen LogP contribution in [0.3, 0.4) is 0 Å². The van der Waals surface area contributed by atoms with Crippen molar-refractivity contribution in [1.29, 1.82) is 0 Å². The molecule has 0 saturated heterocycles. The van der Waals surface area contributed by atoms with Gasteiger partial charge in [-0.25, -0.2) is 0 Å². The summed E-state index contributed by atoms with van der Waals surface area (Å²) < 4.78 is 5.36. The molecule has 1 fully saturated rings. The monoisotopic (exact) mass is 479 g/mol. The third-order valence-electron chi connectivity index (χ3n) is 4.41. The molecule has 0 atom stereocenters. The second kappa shape index (κ2) is 12.0. The summed E-state index contributed by atoms with van der Waals surface area (Å²) in [5.74, 6) is 0.911. The number of unbranched alkanes of at least 4 members (excludes halogenated alkanes) is 1. The van der Waals surface area contributed by atoms with Gasteiger partial charge in [0, 0.05) is 36.7 Å². The minimum atomic E-state index is 0. The molecular weight excluding hydrogens is 449 g/mol. The molecule has 2 rings (SSSR count). The van der Waals surface area contributed by atoms with Crippen molar-refractivity contribution in [2.24, 2.45) is 4.99 Å². The lowest BCUT2D eigenvalue weighted by molar-refractivity contribution is 0.143. The quantitative estimate of drug-likeness (QED) is 0.227. The molecule has 6 heteroatoms. The summed E-state index contributed by atoms with van der Waals surface area (Å²) in [6.07, 6.45) is 4.57. The van der Waals surface area contributed by atoms with Crippen molar-refractivity contribution in [1.82, 2.24) is 10.6 Å². The average Bonchev–Trinajstić information content (AvgIpc) is 3.37. The smallest absolute Gasteiger partial charge is 0.191 e. The van der Waals surface area contributed by atoms with Crippen LogP contribution in [0, 0.1) is 0 Å². The Labute approximate surface area is 174 Å². The van der Waals surface area contributed by atoms with Crippen molar-refractivity contribution < 1.29 is 4.74 Å². The molecule has 0 aliphatic heterocycles. The van der Waals surface area contributed by atoms with Gasteiger partial charge in [0.25, 0.3) is 0 Å². The predicted molar refractivity (Wildman–Crippen MR) is 117 cm³/mol. The zero-order valence-corrected chi connectivity index (χ0v) is 18.4. The van der Waals surface area contributed by atoms with Gasteiger partial charge in [0.2, 0.25) is 0 Å². The van der Waals surface area contributed by atoms with E-state index in [-0.39, 0.29) is 29.4 Å². The fourth-order valence-corrected chi connectivity index (χ4v) is 2.87. The summed E-state index contributed by atoms with van der Waals surface area (Å²) in [6.45, 7) is 8.38. The second-order valence-electron chi connectivity index (χ2n) is 6.31. The number of ether oxygens (including phenoxy) is 1. The van der Waals surface area contributed by atoms with Crippen molar-refractivity contribution in [3.8, 4) is 0 Å². The first kappa shape index (κ1) is 22.5. The van der Waals surface area contributed by atoms with Crippen LogP contribution in [-0.4, -0.2) is 38.8 Å². The summed E-state index contributed by atoms with van der Waals surface area (Å²) in [4.78, 5) is 4.81. The molecule has 0 unspecified atom stereocenters. The van der Waals surface area contributed by atoms with Crippen molar-refractivity contribution >= 4 is 41.5 Å². The molecule has 0 radical (unpaired) electrons. The Bertz CT molecular complexity index is 518. The summed E-state index contributed by atoms with van der Waals surface area (Å²) in [7, 11) is 0.